The Morgan fingerprint density at radius 3 is 2.50 bits per heavy atom. The summed E-state index contributed by atoms with van der Waals surface area (Å²) in [5, 5.41) is 0. The number of likely N-dealkylation sites (tertiary alicyclic amines) is 1. The molecule has 12 heavy (non-hydrogen) atoms. The molecule has 0 saturated carbocycles. The van der Waals surface area contributed by atoms with Gasteiger partial charge in [-0.25, -0.2) is 0 Å². The van der Waals surface area contributed by atoms with Gasteiger partial charge in [0.25, 0.3) is 0 Å². The predicted octanol–water partition coefficient (Wildman–Crippen LogP) is 0.560. The first-order valence-electron chi connectivity index (χ1n) is 4.64. The first kappa shape index (κ1) is 9.52. The third kappa shape index (κ3) is 2.81. The van der Waals surface area contributed by atoms with Gasteiger partial charge in [-0.05, 0) is 25.9 Å². The highest BCUT2D eigenvalue weighted by Gasteiger charge is 2.11. The summed E-state index contributed by atoms with van der Waals surface area (Å²) < 4.78 is 0. The molecule has 1 aliphatic rings. The zero-order chi connectivity index (χ0) is 8.97. The van der Waals surface area contributed by atoms with E-state index in [0.717, 1.165) is 13.1 Å². The summed E-state index contributed by atoms with van der Waals surface area (Å²) in [5.41, 5.74) is 0. The SMILES string of the molecule is CC(=O)N(C)CCN1CCCC1. The van der Waals surface area contributed by atoms with Crippen molar-refractivity contribution in [1.82, 2.24) is 9.80 Å². The number of carbonyl (C=O) groups is 1. The maximum atomic E-state index is 10.9. The van der Waals surface area contributed by atoms with Crippen LogP contribution >= 0.6 is 0 Å². The lowest BCUT2D eigenvalue weighted by molar-refractivity contribution is -0.127. The molecule has 70 valence electrons. The molecule has 0 aliphatic carbocycles. The van der Waals surface area contributed by atoms with Crippen molar-refractivity contribution in [3.05, 3.63) is 0 Å². The van der Waals surface area contributed by atoms with E-state index in [4.69, 9.17) is 0 Å². The van der Waals surface area contributed by atoms with Crippen LogP contribution in [0.25, 0.3) is 0 Å². The highest BCUT2D eigenvalue weighted by Crippen LogP contribution is 2.06. The number of hydrogen-bond donors (Lipinski definition) is 0. The van der Waals surface area contributed by atoms with Crippen LogP contribution in [0.1, 0.15) is 19.8 Å². The maximum absolute atomic E-state index is 10.9. The van der Waals surface area contributed by atoms with Crippen LogP contribution in [0.5, 0.6) is 0 Å². The van der Waals surface area contributed by atoms with E-state index in [9.17, 15) is 4.79 Å². The van der Waals surface area contributed by atoms with Crippen LogP contribution in [0.3, 0.4) is 0 Å². The minimum Gasteiger partial charge on any atom is -0.345 e. The molecule has 3 nitrogen and oxygen atoms in total. The second kappa shape index (κ2) is 4.45. The highest BCUT2D eigenvalue weighted by molar-refractivity contribution is 5.72. The molecule has 1 heterocycles. The molecular formula is C9H18N2O. The molecule has 1 fully saturated rings. The third-order valence-corrected chi connectivity index (χ3v) is 2.49. The highest BCUT2D eigenvalue weighted by atomic mass is 16.2. The molecule has 1 saturated heterocycles. The average Bonchev–Trinajstić information content (AvgIpc) is 2.51. The van der Waals surface area contributed by atoms with Crippen LogP contribution in [0.2, 0.25) is 0 Å². The summed E-state index contributed by atoms with van der Waals surface area (Å²) in [7, 11) is 1.86. The van der Waals surface area contributed by atoms with Gasteiger partial charge in [0, 0.05) is 27.1 Å². The fourth-order valence-electron chi connectivity index (χ4n) is 1.46. The summed E-state index contributed by atoms with van der Waals surface area (Å²) in [4.78, 5) is 15.0. The Hall–Kier alpha value is -0.570. The topological polar surface area (TPSA) is 23.6 Å². The Bertz CT molecular complexity index is 153. The zero-order valence-corrected chi connectivity index (χ0v) is 8.05. The van der Waals surface area contributed by atoms with Gasteiger partial charge in [0.15, 0.2) is 0 Å². The largest absolute Gasteiger partial charge is 0.345 e. The molecule has 0 N–H and O–H groups in total. The van der Waals surface area contributed by atoms with Gasteiger partial charge in [-0.1, -0.05) is 0 Å². The first-order chi connectivity index (χ1) is 5.70. The van der Waals surface area contributed by atoms with E-state index in [-0.39, 0.29) is 5.91 Å². The van der Waals surface area contributed by atoms with E-state index < -0.39 is 0 Å². The van der Waals surface area contributed by atoms with Crippen molar-refractivity contribution >= 4 is 5.91 Å². The van der Waals surface area contributed by atoms with E-state index >= 15 is 0 Å². The van der Waals surface area contributed by atoms with Gasteiger partial charge in [-0.2, -0.15) is 0 Å². The van der Waals surface area contributed by atoms with E-state index in [1.807, 2.05) is 7.05 Å². The van der Waals surface area contributed by atoms with E-state index in [1.54, 1.807) is 11.8 Å². The van der Waals surface area contributed by atoms with Crippen molar-refractivity contribution in [2.24, 2.45) is 0 Å². The summed E-state index contributed by atoms with van der Waals surface area (Å²) >= 11 is 0. The van der Waals surface area contributed by atoms with Crippen molar-refractivity contribution < 1.29 is 4.79 Å². The van der Waals surface area contributed by atoms with Gasteiger partial charge in [0.1, 0.15) is 0 Å². The minimum atomic E-state index is 0.161. The lowest BCUT2D eigenvalue weighted by Gasteiger charge is -2.19. The molecule has 0 radical (unpaired) electrons. The summed E-state index contributed by atoms with van der Waals surface area (Å²) in [5.74, 6) is 0.161. The van der Waals surface area contributed by atoms with Crippen molar-refractivity contribution in [3.8, 4) is 0 Å². The number of rotatable bonds is 3. The molecule has 0 spiro atoms. The second-order valence-electron chi connectivity index (χ2n) is 3.49. The van der Waals surface area contributed by atoms with E-state index in [0.29, 0.717) is 0 Å². The molecule has 1 amide bonds. The molecule has 0 atom stereocenters. The predicted molar refractivity (Wildman–Crippen MR) is 49.0 cm³/mol. The van der Waals surface area contributed by atoms with Crippen LogP contribution in [0.15, 0.2) is 0 Å². The Morgan fingerprint density at radius 2 is 2.00 bits per heavy atom. The average molecular weight is 170 g/mol. The number of amides is 1. The number of likely N-dealkylation sites (N-methyl/N-ethyl adjacent to an activating group) is 1. The van der Waals surface area contributed by atoms with Crippen LogP contribution in [-0.4, -0.2) is 48.9 Å². The zero-order valence-electron chi connectivity index (χ0n) is 8.05. The molecule has 1 aliphatic heterocycles. The molecule has 0 unspecified atom stereocenters. The fraction of sp³-hybridized carbons (Fsp3) is 0.889. The van der Waals surface area contributed by atoms with Gasteiger partial charge in [0.2, 0.25) is 5.91 Å². The number of hydrogen-bond acceptors (Lipinski definition) is 2. The van der Waals surface area contributed by atoms with Crippen LogP contribution in [-0.2, 0) is 4.79 Å². The van der Waals surface area contributed by atoms with Gasteiger partial charge < -0.3 is 9.80 Å². The normalized spacial score (nSPS) is 18.2. The second-order valence-corrected chi connectivity index (χ2v) is 3.49. The van der Waals surface area contributed by atoms with Crippen molar-refractivity contribution in [3.63, 3.8) is 0 Å². The van der Waals surface area contributed by atoms with Crippen LogP contribution < -0.4 is 0 Å². The van der Waals surface area contributed by atoms with Gasteiger partial charge in [0.05, 0.1) is 0 Å². The standard InChI is InChI=1S/C9H18N2O/c1-9(12)10(2)7-8-11-5-3-4-6-11/h3-8H2,1-2H3. The third-order valence-electron chi connectivity index (χ3n) is 2.49. The molecule has 1 rings (SSSR count). The smallest absolute Gasteiger partial charge is 0.219 e. The number of nitrogens with zero attached hydrogens (tertiary/aromatic N) is 2. The monoisotopic (exact) mass is 170 g/mol. The van der Waals surface area contributed by atoms with Crippen molar-refractivity contribution in [2.45, 2.75) is 19.8 Å². The molecular weight excluding hydrogens is 152 g/mol. The summed E-state index contributed by atoms with van der Waals surface area (Å²) in [6, 6.07) is 0. The quantitative estimate of drug-likeness (QED) is 0.618. The molecule has 0 bridgehead atoms. The molecule has 0 aromatic carbocycles. The minimum absolute atomic E-state index is 0.161. The van der Waals surface area contributed by atoms with Gasteiger partial charge in [-0.3, -0.25) is 4.79 Å². The number of carbonyl (C=O) groups excluding carboxylic acids is 1. The lowest BCUT2D eigenvalue weighted by atomic mass is 10.4. The Kier molecular flexibility index (Phi) is 3.53. The molecule has 0 aromatic rings. The van der Waals surface area contributed by atoms with E-state index in [1.165, 1.54) is 25.9 Å². The first-order valence-corrected chi connectivity index (χ1v) is 4.64. The molecule has 3 heteroatoms. The van der Waals surface area contributed by atoms with Crippen LogP contribution in [0, 0.1) is 0 Å². The van der Waals surface area contributed by atoms with Gasteiger partial charge in [-0.15, -0.1) is 0 Å². The summed E-state index contributed by atoms with van der Waals surface area (Å²) in [6.45, 7) is 5.95. The van der Waals surface area contributed by atoms with Crippen molar-refractivity contribution in [1.29, 1.82) is 0 Å². The van der Waals surface area contributed by atoms with Crippen molar-refractivity contribution in [2.75, 3.05) is 33.2 Å². The lowest BCUT2D eigenvalue weighted by Crippen LogP contribution is -2.33. The van der Waals surface area contributed by atoms with E-state index in [2.05, 4.69) is 4.90 Å². The Labute approximate surface area is 74.3 Å². The van der Waals surface area contributed by atoms with Crippen LogP contribution in [0.4, 0.5) is 0 Å². The Balaban J connectivity index is 2.11. The summed E-state index contributed by atoms with van der Waals surface area (Å²) in [6.07, 6.45) is 2.65. The molecule has 0 aromatic heterocycles. The maximum Gasteiger partial charge on any atom is 0.219 e. The fourth-order valence-corrected chi connectivity index (χ4v) is 1.46. The van der Waals surface area contributed by atoms with Gasteiger partial charge >= 0.3 is 0 Å². The Morgan fingerprint density at radius 1 is 1.42 bits per heavy atom.